The lowest BCUT2D eigenvalue weighted by Gasteiger charge is -1.88. The Hall–Kier alpha value is -0.0800. The highest BCUT2D eigenvalue weighted by atomic mass is 15.0. The molecule has 2 heteroatoms. The van der Waals surface area contributed by atoms with Gasteiger partial charge in [-0.1, -0.05) is 21.3 Å². The molecule has 0 heterocycles. The van der Waals surface area contributed by atoms with Crippen LogP contribution in [0.5, 0.6) is 0 Å². The molecule has 0 aromatic rings. The Morgan fingerprint density at radius 3 is 1.25 bits per heavy atom. The van der Waals surface area contributed by atoms with Crippen molar-refractivity contribution < 1.29 is 0 Å². The molecule has 2 N–H and O–H groups in total. The first-order chi connectivity index (χ1) is 3.41. The van der Waals surface area contributed by atoms with E-state index in [4.69, 9.17) is 0 Å². The maximum absolute atomic E-state index is 2.91. The van der Waals surface area contributed by atoms with Crippen LogP contribution in [0.2, 0.25) is 0 Å². The van der Waals surface area contributed by atoms with E-state index in [2.05, 4.69) is 10.6 Å². The van der Waals surface area contributed by atoms with Crippen molar-refractivity contribution in [3.05, 3.63) is 0 Å². The molecule has 0 amide bonds. The van der Waals surface area contributed by atoms with E-state index in [0.717, 1.165) is 6.67 Å². The third-order valence-corrected chi connectivity index (χ3v) is 0.354. The zero-order chi connectivity index (χ0) is 6.12. The summed E-state index contributed by atoms with van der Waals surface area (Å²) in [4.78, 5) is 0. The van der Waals surface area contributed by atoms with Gasteiger partial charge < -0.3 is 10.6 Å². The summed E-state index contributed by atoms with van der Waals surface area (Å²) in [6, 6.07) is 0. The van der Waals surface area contributed by atoms with Gasteiger partial charge in [0, 0.05) is 6.67 Å². The molecule has 0 saturated carbocycles. The van der Waals surface area contributed by atoms with Gasteiger partial charge in [0.25, 0.3) is 0 Å². The first-order valence-electron chi connectivity index (χ1n) is 2.71. The Bertz CT molecular complexity index is 14.0. The van der Waals surface area contributed by atoms with Crippen LogP contribution in [-0.2, 0) is 0 Å². The molecule has 0 aliphatic rings. The van der Waals surface area contributed by atoms with E-state index < -0.39 is 0 Å². The average molecular weight is 120 g/mol. The van der Waals surface area contributed by atoms with Crippen molar-refractivity contribution in [2.75, 3.05) is 20.8 Å². The topological polar surface area (TPSA) is 24.1 Å². The summed E-state index contributed by atoms with van der Waals surface area (Å²) in [6.07, 6.45) is 0. The van der Waals surface area contributed by atoms with Gasteiger partial charge in [-0.2, -0.15) is 0 Å². The van der Waals surface area contributed by atoms with Crippen LogP contribution in [0.3, 0.4) is 0 Å². The maximum Gasteiger partial charge on any atom is 0.0449 e. The summed E-state index contributed by atoms with van der Waals surface area (Å²) in [6.45, 7) is 4.89. The van der Waals surface area contributed by atoms with Gasteiger partial charge in [-0.25, -0.2) is 0 Å². The van der Waals surface area contributed by atoms with Crippen molar-refractivity contribution >= 4 is 0 Å². The van der Waals surface area contributed by atoms with E-state index in [9.17, 15) is 0 Å². The smallest absolute Gasteiger partial charge is 0.0449 e. The molecule has 0 saturated heterocycles. The molecule has 2 nitrogen and oxygen atoms in total. The monoisotopic (exact) mass is 120 g/mol. The molecule has 0 aliphatic heterocycles. The second-order valence-electron chi connectivity index (χ2n) is 0.884. The van der Waals surface area contributed by atoms with Crippen LogP contribution in [0.25, 0.3) is 0 Å². The first-order valence-corrected chi connectivity index (χ1v) is 2.71. The molecule has 0 radical (unpaired) electrons. The van der Waals surface area contributed by atoms with Crippen LogP contribution in [0.1, 0.15) is 21.3 Å². The molecule has 54 valence electrons. The van der Waals surface area contributed by atoms with Crippen molar-refractivity contribution in [2.24, 2.45) is 0 Å². The predicted molar refractivity (Wildman–Crippen MR) is 41.1 cm³/mol. The standard InChI is InChI=1S/C3H10N2.C2H6.CH4/c1-4-3-5-2;1-2;/h4-5H,3H2,1-2H3;1-2H3;1H4. The summed E-state index contributed by atoms with van der Waals surface area (Å²) < 4.78 is 0. The molecule has 0 bridgehead atoms. The second-order valence-corrected chi connectivity index (χ2v) is 0.884. The third kappa shape index (κ3) is 38.9. The van der Waals surface area contributed by atoms with Gasteiger partial charge in [-0.15, -0.1) is 0 Å². The van der Waals surface area contributed by atoms with Crippen LogP contribution in [-0.4, -0.2) is 20.8 Å². The number of nitrogens with one attached hydrogen (secondary N) is 2. The lowest BCUT2D eigenvalue weighted by molar-refractivity contribution is 0.708. The molecule has 0 atom stereocenters. The Labute approximate surface area is 53.7 Å². The minimum absolute atomic E-state index is 0. The summed E-state index contributed by atoms with van der Waals surface area (Å²) in [5.74, 6) is 0. The van der Waals surface area contributed by atoms with E-state index in [1.54, 1.807) is 0 Å². The van der Waals surface area contributed by atoms with E-state index in [1.165, 1.54) is 0 Å². The summed E-state index contributed by atoms with van der Waals surface area (Å²) in [5.41, 5.74) is 0. The molecule has 0 aliphatic carbocycles. The molecule has 0 unspecified atom stereocenters. The maximum atomic E-state index is 2.91. The first kappa shape index (κ1) is 15.7. The fourth-order valence-electron chi connectivity index (χ4n) is 0.177. The van der Waals surface area contributed by atoms with Crippen molar-refractivity contribution in [3.63, 3.8) is 0 Å². The molecule has 0 fully saturated rings. The lowest BCUT2D eigenvalue weighted by Crippen LogP contribution is -2.21. The van der Waals surface area contributed by atoms with Gasteiger partial charge in [0.05, 0.1) is 0 Å². The number of rotatable bonds is 2. The normalized spacial score (nSPS) is 6.00. The predicted octanol–water partition coefficient (Wildman–Crippen LogP) is 1.04. The summed E-state index contributed by atoms with van der Waals surface area (Å²) >= 11 is 0. The Balaban J connectivity index is -0.0000000750. The summed E-state index contributed by atoms with van der Waals surface area (Å²) in [5, 5.41) is 5.81. The zero-order valence-electron chi connectivity index (χ0n) is 5.71. The van der Waals surface area contributed by atoms with Crippen molar-refractivity contribution in [1.29, 1.82) is 0 Å². The molecule has 0 spiro atoms. The van der Waals surface area contributed by atoms with Gasteiger partial charge in [-0.05, 0) is 14.1 Å². The highest BCUT2D eigenvalue weighted by Crippen LogP contribution is 1.30. The van der Waals surface area contributed by atoms with Crippen LogP contribution in [0, 0.1) is 0 Å². The fourth-order valence-corrected chi connectivity index (χ4v) is 0.177. The van der Waals surface area contributed by atoms with E-state index in [0.29, 0.717) is 0 Å². The van der Waals surface area contributed by atoms with E-state index >= 15 is 0 Å². The molecule has 0 aromatic carbocycles. The quantitative estimate of drug-likeness (QED) is 0.532. The zero-order valence-corrected chi connectivity index (χ0v) is 5.71. The summed E-state index contributed by atoms with van der Waals surface area (Å²) in [7, 11) is 3.80. The van der Waals surface area contributed by atoms with Crippen LogP contribution >= 0.6 is 0 Å². The number of hydrogen-bond acceptors (Lipinski definition) is 2. The van der Waals surface area contributed by atoms with Crippen molar-refractivity contribution in [1.82, 2.24) is 10.6 Å². The Kier molecular flexibility index (Phi) is 55.7. The molecule has 0 aromatic heterocycles. The van der Waals surface area contributed by atoms with Crippen LogP contribution < -0.4 is 10.6 Å². The minimum Gasteiger partial charge on any atom is -0.308 e. The molecular formula is C6H20N2. The van der Waals surface area contributed by atoms with Crippen molar-refractivity contribution in [2.45, 2.75) is 21.3 Å². The second kappa shape index (κ2) is 28.4. The highest BCUT2D eigenvalue weighted by molar-refractivity contribution is 4.22. The lowest BCUT2D eigenvalue weighted by atomic mass is 11.0. The Morgan fingerprint density at radius 1 is 1.00 bits per heavy atom. The van der Waals surface area contributed by atoms with Gasteiger partial charge in [-0.3, -0.25) is 0 Å². The molecular weight excluding hydrogens is 100 g/mol. The molecule has 8 heavy (non-hydrogen) atoms. The SMILES string of the molecule is C.CC.CNCNC. The van der Waals surface area contributed by atoms with Gasteiger partial charge in [0.1, 0.15) is 0 Å². The van der Waals surface area contributed by atoms with Crippen LogP contribution in [0.4, 0.5) is 0 Å². The largest absolute Gasteiger partial charge is 0.308 e. The fraction of sp³-hybridized carbons (Fsp3) is 1.00. The Morgan fingerprint density at radius 2 is 1.25 bits per heavy atom. The average Bonchev–Trinajstić information content (AvgIpc) is 1.75. The third-order valence-electron chi connectivity index (χ3n) is 0.354. The molecule has 0 rings (SSSR count). The van der Waals surface area contributed by atoms with Crippen LogP contribution in [0.15, 0.2) is 0 Å². The van der Waals surface area contributed by atoms with Crippen molar-refractivity contribution in [3.8, 4) is 0 Å². The van der Waals surface area contributed by atoms with Gasteiger partial charge in [0.15, 0.2) is 0 Å². The number of hydrogen-bond donors (Lipinski definition) is 2. The highest BCUT2D eigenvalue weighted by Gasteiger charge is 1.60. The van der Waals surface area contributed by atoms with Gasteiger partial charge >= 0.3 is 0 Å². The van der Waals surface area contributed by atoms with E-state index in [-0.39, 0.29) is 7.43 Å². The minimum atomic E-state index is 0. The van der Waals surface area contributed by atoms with Gasteiger partial charge in [0.2, 0.25) is 0 Å². The van der Waals surface area contributed by atoms with E-state index in [1.807, 2.05) is 27.9 Å².